The smallest absolute Gasteiger partial charge is 0.185 e. The van der Waals surface area contributed by atoms with Crippen LogP contribution in [0, 0.1) is 0 Å². The van der Waals surface area contributed by atoms with Crippen molar-refractivity contribution in [3.05, 3.63) is 10.6 Å². The highest BCUT2D eigenvalue weighted by atomic mass is 32.1. The van der Waals surface area contributed by atoms with Crippen molar-refractivity contribution in [2.75, 3.05) is 0 Å². The number of carbonyl (C=O) groups excluding carboxylic acids is 1. The molecule has 0 saturated carbocycles. The first-order chi connectivity index (χ1) is 3.55. The standard InChI is InChI=1S/C4H8NOPS/c1-2(5)3(8)4(6)7/h8H,5,7H2,1H3. The van der Waals surface area contributed by atoms with E-state index in [4.69, 9.17) is 5.73 Å². The Kier molecular flexibility index (Phi) is 3.10. The molecule has 46 valence electrons. The van der Waals surface area contributed by atoms with E-state index in [1.165, 1.54) is 0 Å². The summed E-state index contributed by atoms with van der Waals surface area (Å²) in [7, 11) is 1.99. The third-order valence-corrected chi connectivity index (χ3v) is 1.71. The molecule has 4 heteroatoms. The van der Waals surface area contributed by atoms with E-state index in [0.29, 0.717) is 10.6 Å². The summed E-state index contributed by atoms with van der Waals surface area (Å²) < 4.78 is 0. The van der Waals surface area contributed by atoms with Crippen LogP contribution in [0.25, 0.3) is 0 Å². The van der Waals surface area contributed by atoms with Crippen LogP contribution in [0.2, 0.25) is 0 Å². The summed E-state index contributed by atoms with van der Waals surface area (Å²) in [4.78, 5) is 10.6. The topological polar surface area (TPSA) is 43.1 Å². The van der Waals surface area contributed by atoms with Crippen LogP contribution < -0.4 is 5.73 Å². The fourth-order valence-corrected chi connectivity index (χ4v) is 0.422. The van der Waals surface area contributed by atoms with Gasteiger partial charge in [0.15, 0.2) is 5.52 Å². The zero-order valence-electron chi connectivity index (χ0n) is 4.51. The molecule has 0 aliphatic heterocycles. The van der Waals surface area contributed by atoms with E-state index >= 15 is 0 Å². The average Bonchev–Trinajstić information content (AvgIpc) is 1.64. The number of hydrogen-bond acceptors (Lipinski definition) is 3. The Morgan fingerprint density at radius 2 is 2.12 bits per heavy atom. The van der Waals surface area contributed by atoms with Gasteiger partial charge < -0.3 is 5.73 Å². The Bertz CT molecular complexity index is 139. The molecule has 0 aromatic heterocycles. The quantitative estimate of drug-likeness (QED) is 0.324. The van der Waals surface area contributed by atoms with Crippen molar-refractivity contribution in [1.29, 1.82) is 0 Å². The molecule has 0 amide bonds. The number of carbonyl (C=O) groups is 1. The van der Waals surface area contributed by atoms with Gasteiger partial charge in [0.05, 0.1) is 4.91 Å². The molecule has 0 bridgehead atoms. The van der Waals surface area contributed by atoms with Gasteiger partial charge in [0.25, 0.3) is 0 Å². The lowest BCUT2D eigenvalue weighted by Gasteiger charge is -1.93. The lowest BCUT2D eigenvalue weighted by Crippen LogP contribution is -1.97. The van der Waals surface area contributed by atoms with Gasteiger partial charge in [-0.25, -0.2) is 0 Å². The van der Waals surface area contributed by atoms with Gasteiger partial charge in [0.2, 0.25) is 0 Å². The molecular weight excluding hydrogens is 141 g/mol. The van der Waals surface area contributed by atoms with Crippen molar-refractivity contribution in [3.63, 3.8) is 0 Å². The van der Waals surface area contributed by atoms with E-state index in [1.54, 1.807) is 6.92 Å². The molecule has 2 N–H and O–H groups in total. The van der Waals surface area contributed by atoms with E-state index < -0.39 is 0 Å². The molecule has 0 aromatic rings. The summed E-state index contributed by atoms with van der Waals surface area (Å²) in [6.07, 6.45) is 0. The highest BCUT2D eigenvalue weighted by Crippen LogP contribution is 2.08. The van der Waals surface area contributed by atoms with Crippen LogP contribution in [0.1, 0.15) is 6.92 Å². The predicted molar refractivity (Wildman–Crippen MR) is 40.6 cm³/mol. The minimum atomic E-state index is -0.173. The highest BCUT2D eigenvalue weighted by molar-refractivity contribution is 7.87. The van der Waals surface area contributed by atoms with Gasteiger partial charge >= 0.3 is 0 Å². The van der Waals surface area contributed by atoms with Crippen LogP contribution in [-0.2, 0) is 4.79 Å². The molecular formula is C4H8NOPS. The maximum Gasteiger partial charge on any atom is 0.185 e. The molecule has 0 rings (SSSR count). The van der Waals surface area contributed by atoms with Crippen molar-refractivity contribution in [2.24, 2.45) is 5.73 Å². The van der Waals surface area contributed by atoms with E-state index in [0.717, 1.165) is 0 Å². The fraction of sp³-hybridized carbons (Fsp3) is 0.250. The summed E-state index contributed by atoms with van der Waals surface area (Å²) in [5.74, 6) is 0. The molecule has 0 aliphatic carbocycles. The van der Waals surface area contributed by atoms with Crippen LogP contribution in [-0.4, -0.2) is 5.52 Å². The summed E-state index contributed by atoms with van der Waals surface area (Å²) in [5.41, 5.74) is 5.49. The Balaban J connectivity index is 4.23. The predicted octanol–water partition coefficient (Wildman–Crippen LogP) is 0.508. The number of thiol groups is 1. The minimum absolute atomic E-state index is 0.173. The number of rotatable bonds is 1. The molecule has 1 atom stereocenters. The molecule has 0 saturated heterocycles. The third kappa shape index (κ3) is 2.34. The van der Waals surface area contributed by atoms with Gasteiger partial charge in [-0.3, -0.25) is 4.79 Å². The summed E-state index contributed by atoms with van der Waals surface area (Å²) in [6.45, 7) is 1.63. The zero-order chi connectivity index (χ0) is 6.73. The molecule has 1 unspecified atom stereocenters. The molecule has 0 radical (unpaired) electrons. The lowest BCUT2D eigenvalue weighted by atomic mass is 10.5. The van der Waals surface area contributed by atoms with E-state index in [2.05, 4.69) is 12.6 Å². The van der Waals surface area contributed by atoms with E-state index in [9.17, 15) is 4.79 Å². The molecule has 0 spiro atoms. The van der Waals surface area contributed by atoms with Crippen LogP contribution in [0.5, 0.6) is 0 Å². The lowest BCUT2D eigenvalue weighted by molar-refractivity contribution is -0.107. The zero-order valence-corrected chi connectivity index (χ0v) is 6.56. The maximum atomic E-state index is 10.3. The Hall–Kier alpha value is -0.0100. The molecule has 0 aromatic carbocycles. The van der Waals surface area contributed by atoms with Crippen molar-refractivity contribution in [1.82, 2.24) is 0 Å². The normalized spacial score (nSPS) is 12.9. The largest absolute Gasteiger partial charge is 0.401 e. The van der Waals surface area contributed by atoms with Gasteiger partial charge in [-0.05, 0) is 6.92 Å². The van der Waals surface area contributed by atoms with Gasteiger partial charge in [-0.1, -0.05) is 9.24 Å². The second-order valence-corrected chi connectivity index (χ2v) is 2.37. The monoisotopic (exact) mass is 149 g/mol. The SMILES string of the molecule is CC(N)=C(S)C(=O)P. The Morgan fingerprint density at radius 1 is 1.75 bits per heavy atom. The summed E-state index contributed by atoms with van der Waals surface area (Å²) in [5, 5.41) is 0. The number of hydrogen-bond donors (Lipinski definition) is 2. The van der Waals surface area contributed by atoms with Gasteiger partial charge in [-0.2, -0.15) is 0 Å². The Labute approximate surface area is 56.1 Å². The van der Waals surface area contributed by atoms with E-state index in [-0.39, 0.29) is 5.52 Å². The maximum absolute atomic E-state index is 10.3. The van der Waals surface area contributed by atoms with E-state index in [1.807, 2.05) is 9.24 Å². The van der Waals surface area contributed by atoms with Crippen molar-refractivity contribution >= 4 is 27.4 Å². The average molecular weight is 149 g/mol. The third-order valence-electron chi connectivity index (χ3n) is 0.607. The first kappa shape index (κ1) is 7.99. The number of nitrogens with two attached hydrogens (primary N) is 1. The second-order valence-electron chi connectivity index (χ2n) is 1.40. The van der Waals surface area contributed by atoms with Crippen LogP contribution in [0.15, 0.2) is 10.6 Å². The number of allylic oxidation sites excluding steroid dienone is 2. The highest BCUT2D eigenvalue weighted by Gasteiger charge is 1.97. The first-order valence-corrected chi connectivity index (χ1v) is 3.03. The Morgan fingerprint density at radius 3 is 2.12 bits per heavy atom. The van der Waals surface area contributed by atoms with Crippen molar-refractivity contribution < 1.29 is 4.79 Å². The van der Waals surface area contributed by atoms with Gasteiger partial charge in [-0.15, -0.1) is 12.6 Å². The molecule has 2 nitrogen and oxygen atoms in total. The first-order valence-electron chi connectivity index (χ1n) is 2.01. The second kappa shape index (κ2) is 3.10. The van der Waals surface area contributed by atoms with Gasteiger partial charge in [0, 0.05) is 5.70 Å². The van der Waals surface area contributed by atoms with Crippen molar-refractivity contribution in [3.8, 4) is 0 Å². The molecule has 0 aliphatic rings. The van der Waals surface area contributed by atoms with Gasteiger partial charge in [0.1, 0.15) is 0 Å². The fourth-order valence-electron chi connectivity index (χ4n) is 0.194. The molecule has 0 fully saturated rings. The minimum Gasteiger partial charge on any atom is -0.401 e. The van der Waals surface area contributed by atoms with Crippen LogP contribution in [0.4, 0.5) is 0 Å². The van der Waals surface area contributed by atoms with Crippen LogP contribution >= 0.6 is 21.9 Å². The molecule has 8 heavy (non-hydrogen) atoms. The summed E-state index contributed by atoms with van der Waals surface area (Å²) in [6, 6.07) is 0. The van der Waals surface area contributed by atoms with Crippen LogP contribution in [0.3, 0.4) is 0 Å². The van der Waals surface area contributed by atoms with Crippen molar-refractivity contribution in [2.45, 2.75) is 6.92 Å². The summed E-state index contributed by atoms with van der Waals surface area (Å²) >= 11 is 3.80. The molecule has 0 heterocycles.